The highest BCUT2D eigenvalue weighted by atomic mass is 16.5. The molecular formula is C31H27N3O3. The summed E-state index contributed by atoms with van der Waals surface area (Å²) in [4.78, 5) is 22.8. The molecule has 37 heavy (non-hydrogen) atoms. The normalized spacial score (nSPS) is 10.8. The number of methoxy groups -OCH3 is 2. The lowest BCUT2D eigenvalue weighted by atomic mass is 10.0. The molecule has 0 saturated heterocycles. The number of hydrogen-bond donors (Lipinski definition) is 1. The Labute approximate surface area is 215 Å². The standard InChI is InChI=1S/C31H27N3O3/c1-36-25-13-8-22(9-14-25)29-30(23-10-15-26(37-2)16-11-23)34-28-20-24(12-17-27(28)33-29)31(35)32-19-18-21-6-4-3-5-7-21/h3-17,20H,18-19H2,1-2H3,(H,32,35). The third-order valence-corrected chi connectivity index (χ3v) is 6.20. The Balaban J connectivity index is 1.49. The molecule has 0 saturated carbocycles. The minimum Gasteiger partial charge on any atom is -0.497 e. The van der Waals surface area contributed by atoms with E-state index in [1.165, 1.54) is 5.56 Å². The number of hydrogen-bond acceptors (Lipinski definition) is 5. The largest absolute Gasteiger partial charge is 0.497 e. The Kier molecular flexibility index (Phi) is 7.08. The van der Waals surface area contributed by atoms with E-state index in [1.54, 1.807) is 26.4 Å². The number of carbonyl (C=O) groups excluding carboxylic acids is 1. The fraction of sp³-hybridized carbons (Fsp3) is 0.129. The summed E-state index contributed by atoms with van der Waals surface area (Å²) >= 11 is 0. The van der Waals surface area contributed by atoms with Crippen LogP contribution in [0, 0.1) is 0 Å². The highest BCUT2D eigenvalue weighted by Crippen LogP contribution is 2.33. The van der Waals surface area contributed by atoms with Gasteiger partial charge in [0, 0.05) is 23.2 Å². The molecule has 1 amide bonds. The van der Waals surface area contributed by atoms with Crippen molar-refractivity contribution in [3.63, 3.8) is 0 Å². The summed E-state index contributed by atoms with van der Waals surface area (Å²) in [6.07, 6.45) is 0.771. The van der Waals surface area contributed by atoms with Gasteiger partial charge < -0.3 is 14.8 Å². The van der Waals surface area contributed by atoms with E-state index in [0.29, 0.717) is 23.1 Å². The summed E-state index contributed by atoms with van der Waals surface area (Å²) in [5.74, 6) is 1.40. The summed E-state index contributed by atoms with van der Waals surface area (Å²) in [7, 11) is 3.28. The topological polar surface area (TPSA) is 73.3 Å². The van der Waals surface area contributed by atoms with Crippen LogP contribution in [0.2, 0.25) is 0 Å². The first kappa shape index (κ1) is 24.0. The van der Waals surface area contributed by atoms with Crippen LogP contribution in [0.1, 0.15) is 15.9 Å². The van der Waals surface area contributed by atoms with Crippen LogP contribution in [0.15, 0.2) is 97.1 Å². The lowest BCUT2D eigenvalue weighted by Gasteiger charge is -2.12. The summed E-state index contributed by atoms with van der Waals surface area (Å²) in [5.41, 5.74) is 6.39. The minimum absolute atomic E-state index is 0.134. The molecule has 1 N–H and O–H groups in total. The van der Waals surface area contributed by atoms with Crippen LogP contribution < -0.4 is 14.8 Å². The van der Waals surface area contributed by atoms with Crippen molar-refractivity contribution < 1.29 is 14.3 Å². The third-order valence-electron chi connectivity index (χ3n) is 6.20. The van der Waals surface area contributed by atoms with E-state index in [4.69, 9.17) is 19.4 Å². The molecule has 0 fully saturated rings. The van der Waals surface area contributed by atoms with E-state index in [2.05, 4.69) is 17.4 Å². The number of ether oxygens (including phenoxy) is 2. The molecule has 0 atom stereocenters. The fourth-order valence-corrected chi connectivity index (χ4v) is 4.16. The highest BCUT2D eigenvalue weighted by Gasteiger charge is 2.15. The number of nitrogens with one attached hydrogen (secondary N) is 1. The molecule has 6 heteroatoms. The van der Waals surface area contributed by atoms with Crippen LogP contribution in [-0.2, 0) is 6.42 Å². The van der Waals surface area contributed by atoms with Crippen LogP contribution in [0.5, 0.6) is 11.5 Å². The molecule has 184 valence electrons. The summed E-state index contributed by atoms with van der Waals surface area (Å²) in [6, 6.07) is 31.0. The Morgan fingerprint density at radius 1 is 0.703 bits per heavy atom. The molecule has 1 heterocycles. The molecule has 0 unspecified atom stereocenters. The highest BCUT2D eigenvalue weighted by molar-refractivity contribution is 5.98. The summed E-state index contributed by atoms with van der Waals surface area (Å²) in [5, 5.41) is 3.01. The van der Waals surface area contributed by atoms with E-state index >= 15 is 0 Å². The summed E-state index contributed by atoms with van der Waals surface area (Å²) in [6.45, 7) is 0.556. The van der Waals surface area contributed by atoms with Crippen molar-refractivity contribution >= 4 is 16.9 Å². The fourth-order valence-electron chi connectivity index (χ4n) is 4.16. The van der Waals surface area contributed by atoms with Crippen molar-refractivity contribution in [2.24, 2.45) is 0 Å². The minimum atomic E-state index is -0.134. The Hall–Kier alpha value is -4.71. The second kappa shape index (κ2) is 10.9. The smallest absolute Gasteiger partial charge is 0.251 e. The second-order valence-corrected chi connectivity index (χ2v) is 8.57. The van der Waals surface area contributed by atoms with Crippen molar-refractivity contribution in [2.75, 3.05) is 20.8 Å². The van der Waals surface area contributed by atoms with Crippen LogP contribution in [-0.4, -0.2) is 36.6 Å². The van der Waals surface area contributed by atoms with E-state index in [-0.39, 0.29) is 5.91 Å². The van der Waals surface area contributed by atoms with E-state index in [0.717, 1.165) is 40.4 Å². The number of nitrogens with zero attached hydrogens (tertiary/aromatic N) is 2. The predicted molar refractivity (Wildman–Crippen MR) is 146 cm³/mol. The first-order valence-corrected chi connectivity index (χ1v) is 12.1. The van der Waals surface area contributed by atoms with Gasteiger partial charge in [-0.1, -0.05) is 30.3 Å². The molecule has 0 radical (unpaired) electrons. The van der Waals surface area contributed by atoms with Crippen LogP contribution in [0.25, 0.3) is 33.5 Å². The molecule has 0 bridgehead atoms. The lowest BCUT2D eigenvalue weighted by Crippen LogP contribution is -2.25. The van der Waals surface area contributed by atoms with Gasteiger partial charge in [0.1, 0.15) is 11.5 Å². The lowest BCUT2D eigenvalue weighted by molar-refractivity contribution is 0.0954. The zero-order chi connectivity index (χ0) is 25.6. The van der Waals surface area contributed by atoms with Gasteiger partial charge in [0.2, 0.25) is 0 Å². The second-order valence-electron chi connectivity index (χ2n) is 8.57. The molecule has 5 rings (SSSR count). The molecule has 0 aliphatic heterocycles. The number of amides is 1. The first-order chi connectivity index (χ1) is 18.1. The SMILES string of the molecule is COc1ccc(-c2nc3ccc(C(=O)NCCc4ccccc4)cc3nc2-c2ccc(OC)cc2)cc1. The Morgan fingerprint density at radius 2 is 1.27 bits per heavy atom. The zero-order valence-corrected chi connectivity index (χ0v) is 20.8. The van der Waals surface area contributed by atoms with E-state index in [9.17, 15) is 4.79 Å². The first-order valence-electron chi connectivity index (χ1n) is 12.1. The van der Waals surface area contributed by atoms with Crippen LogP contribution in [0.4, 0.5) is 0 Å². The number of fused-ring (bicyclic) bond motifs is 1. The van der Waals surface area contributed by atoms with Gasteiger partial charge >= 0.3 is 0 Å². The Morgan fingerprint density at radius 3 is 1.84 bits per heavy atom. The van der Waals surface area contributed by atoms with Crippen molar-refractivity contribution in [3.8, 4) is 34.0 Å². The molecule has 5 aromatic rings. The maximum atomic E-state index is 12.9. The summed E-state index contributed by atoms with van der Waals surface area (Å²) < 4.78 is 10.6. The number of rotatable bonds is 8. The van der Waals surface area contributed by atoms with Crippen molar-refractivity contribution in [1.82, 2.24) is 15.3 Å². The van der Waals surface area contributed by atoms with E-state index < -0.39 is 0 Å². The zero-order valence-electron chi connectivity index (χ0n) is 20.8. The van der Waals surface area contributed by atoms with Gasteiger partial charge in [0.25, 0.3) is 5.91 Å². The molecule has 4 aromatic carbocycles. The molecule has 0 aliphatic rings. The molecular weight excluding hydrogens is 462 g/mol. The predicted octanol–water partition coefficient (Wildman–Crippen LogP) is 5.95. The Bertz CT molecular complexity index is 1520. The van der Waals surface area contributed by atoms with Gasteiger partial charge in [-0.25, -0.2) is 9.97 Å². The quantitative estimate of drug-likeness (QED) is 0.291. The van der Waals surface area contributed by atoms with Crippen molar-refractivity contribution in [1.29, 1.82) is 0 Å². The van der Waals surface area contributed by atoms with E-state index in [1.807, 2.05) is 72.8 Å². The van der Waals surface area contributed by atoms with Gasteiger partial charge in [0.15, 0.2) is 0 Å². The average Bonchev–Trinajstić information content (AvgIpc) is 2.97. The van der Waals surface area contributed by atoms with Gasteiger partial charge in [-0.15, -0.1) is 0 Å². The molecule has 6 nitrogen and oxygen atoms in total. The van der Waals surface area contributed by atoms with Crippen LogP contribution >= 0.6 is 0 Å². The van der Waals surface area contributed by atoms with Crippen LogP contribution in [0.3, 0.4) is 0 Å². The van der Waals surface area contributed by atoms with Gasteiger partial charge in [-0.3, -0.25) is 4.79 Å². The molecule has 1 aromatic heterocycles. The molecule has 0 aliphatic carbocycles. The van der Waals surface area contributed by atoms with Gasteiger partial charge in [-0.05, 0) is 78.7 Å². The number of benzene rings is 4. The monoisotopic (exact) mass is 489 g/mol. The average molecular weight is 490 g/mol. The number of aromatic nitrogens is 2. The van der Waals surface area contributed by atoms with Crippen molar-refractivity contribution in [3.05, 3.63) is 108 Å². The maximum absolute atomic E-state index is 12.9. The number of carbonyl (C=O) groups is 1. The third kappa shape index (κ3) is 5.43. The van der Waals surface area contributed by atoms with Crippen molar-refractivity contribution in [2.45, 2.75) is 6.42 Å². The maximum Gasteiger partial charge on any atom is 0.251 e. The van der Waals surface area contributed by atoms with Gasteiger partial charge in [0.05, 0.1) is 36.6 Å². The van der Waals surface area contributed by atoms with Gasteiger partial charge in [-0.2, -0.15) is 0 Å². The molecule has 0 spiro atoms.